The van der Waals surface area contributed by atoms with E-state index in [1.54, 1.807) is 11.8 Å². The van der Waals surface area contributed by atoms with Crippen molar-refractivity contribution >= 4 is 29.0 Å². The fourth-order valence-corrected chi connectivity index (χ4v) is 3.42. The predicted octanol–water partition coefficient (Wildman–Crippen LogP) is 4.18. The molecule has 2 aromatic rings. The predicted molar refractivity (Wildman–Crippen MR) is 102 cm³/mol. The zero-order valence-corrected chi connectivity index (χ0v) is 16.6. The average Bonchev–Trinajstić information content (AvgIpc) is 2.69. The van der Waals surface area contributed by atoms with Gasteiger partial charge in [-0.25, -0.2) is 13.8 Å². The molecular weight excluding hydrogens is 431 g/mol. The Morgan fingerprint density at radius 1 is 1.17 bits per heavy atom. The third kappa shape index (κ3) is 4.99. The monoisotopic (exact) mass is 448 g/mol. The van der Waals surface area contributed by atoms with Gasteiger partial charge < -0.3 is 10.2 Å². The van der Waals surface area contributed by atoms with E-state index >= 15 is 0 Å². The number of alkyl halides is 3. The van der Waals surface area contributed by atoms with Crippen LogP contribution in [-0.2, 0) is 11.0 Å². The summed E-state index contributed by atoms with van der Waals surface area (Å²) >= 11 is 5.99. The third-order valence-corrected chi connectivity index (χ3v) is 5.15. The molecule has 3 rings (SSSR count). The number of carbonyl (C=O) groups is 1. The molecule has 0 aliphatic carbocycles. The molecule has 0 spiro atoms. The van der Waals surface area contributed by atoms with Crippen LogP contribution in [0.25, 0.3) is 0 Å². The van der Waals surface area contributed by atoms with E-state index in [0.29, 0.717) is 26.2 Å². The highest BCUT2D eigenvalue weighted by molar-refractivity contribution is 6.33. The first-order valence-electron chi connectivity index (χ1n) is 9.04. The van der Waals surface area contributed by atoms with Crippen LogP contribution in [0, 0.1) is 11.6 Å². The molecule has 1 aliphatic heterocycles. The minimum atomic E-state index is -4.53. The molecule has 11 heteroatoms. The van der Waals surface area contributed by atoms with Gasteiger partial charge in [0.05, 0.1) is 22.3 Å². The molecule has 1 fully saturated rings. The minimum absolute atomic E-state index is 0.106. The molecule has 1 saturated heterocycles. The van der Waals surface area contributed by atoms with Gasteiger partial charge >= 0.3 is 6.18 Å². The molecule has 1 N–H and O–H groups in total. The normalized spacial score (nSPS) is 16.4. The fourth-order valence-electron chi connectivity index (χ4n) is 3.14. The van der Waals surface area contributed by atoms with Gasteiger partial charge in [0.2, 0.25) is 5.91 Å². The number of amides is 1. The molecule has 5 nitrogen and oxygen atoms in total. The van der Waals surface area contributed by atoms with E-state index in [4.69, 9.17) is 11.6 Å². The molecule has 30 heavy (non-hydrogen) atoms. The highest BCUT2D eigenvalue weighted by Gasteiger charge is 2.33. The Bertz CT molecular complexity index is 932. The first-order chi connectivity index (χ1) is 14.1. The minimum Gasteiger partial charge on any atom is -0.353 e. The van der Waals surface area contributed by atoms with E-state index in [9.17, 15) is 26.7 Å². The number of halogens is 6. The fraction of sp³-hybridized carbons (Fsp3) is 0.368. The van der Waals surface area contributed by atoms with Crippen LogP contribution in [-0.4, -0.2) is 48.0 Å². The number of carbonyl (C=O) groups excluding carboxylic acids is 1. The Morgan fingerprint density at radius 3 is 2.43 bits per heavy atom. The molecule has 1 aliphatic rings. The van der Waals surface area contributed by atoms with Crippen LogP contribution < -0.4 is 10.2 Å². The summed E-state index contributed by atoms with van der Waals surface area (Å²) in [7, 11) is 0. The lowest BCUT2D eigenvalue weighted by Gasteiger charge is -2.38. The molecular formula is C19H18ClF5N4O. The number of nitrogens with zero attached hydrogens (tertiary/aromatic N) is 3. The summed E-state index contributed by atoms with van der Waals surface area (Å²) < 4.78 is 65.3. The Kier molecular flexibility index (Phi) is 6.47. The van der Waals surface area contributed by atoms with Crippen molar-refractivity contribution < 1.29 is 26.7 Å². The number of hydrogen-bond acceptors (Lipinski definition) is 4. The highest BCUT2D eigenvalue weighted by Crippen LogP contribution is 2.33. The Labute approximate surface area is 174 Å². The number of benzene rings is 1. The van der Waals surface area contributed by atoms with Crippen LogP contribution in [0.1, 0.15) is 12.5 Å². The van der Waals surface area contributed by atoms with Gasteiger partial charge in [-0.05, 0) is 25.1 Å². The van der Waals surface area contributed by atoms with E-state index < -0.39 is 35.3 Å². The molecule has 1 unspecified atom stereocenters. The molecule has 1 aromatic carbocycles. The second-order valence-electron chi connectivity index (χ2n) is 6.84. The van der Waals surface area contributed by atoms with Crippen LogP contribution in [0.15, 0.2) is 30.5 Å². The molecule has 1 atom stereocenters. The second kappa shape index (κ2) is 8.73. The zero-order chi connectivity index (χ0) is 22.1. The van der Waals surface area contributed by atoms with Gasteiger partial charge in [-0.3, -0.25) is 9.69 Å². The van der Waals surface area contributed by atoms with Gasteiger partial charge in [0, 0.05) is 38.4 Å². The van der Waals surface area contributed by atoms with Crippen molar-refractivity contribution in [2.75, 3.05) is 36.4 Å². The molecule has 0 saturated carbocycles. The number of pyridine rings is 1. The van der Waals surface area contributed by atoms with Crippen molar-refractivity contribution in [1.82, 2.24) is 9.88 Å². The molecule has 1 aromatic heterocycles. The van der Waals surface area contributed by atoms with Crippen molar-refractivity contribution in [3.63, 3.8) is 0 Å². The van der Waals surface area contributed by atoms with Crippen LogP contribution in [0.2, 0.25) is 5.02 Å². The summed E-state index contributed by atoms with van der Waals surface area (Å²) in [5.74, 6) is -1.68. The number of hydrogen-bond donors (Lipinski definition) is 1. The van der Waals surface area contributed by atoms with Crippen molar-refractivity contribution in [2.24, 2.45) is 0 Å². The first-order valence-corrected chi connectivity index (χ1v) is 9.41. The lowest BCUT2D eigenvalue weighted by Crippen LogP contribution is -2.53. The van der Waals surface area contributed by atoms with Gasteiger partial charge in [-0.15, -0.1) is 0 Å². The van der Waals surface area contributed by atoms with Crippen LogP contribution in [0.5, 0.6) is 0 Å². The number of anilines is 2. The van der Waals surface area contributed by atoms with E-state index in [1.807, 2.05) is 4.90 Å². The summed E-state index contributed by atoms with van der Waals surface area (Å²) in [5.41, 5.74) is -1.17. The Morgan fingerprint density at radius 2 is 1.83 bits per heavy atom. The Balaban J connectivity index is 1.61. The molecule has 0 bridgehead atoms. The number of aromatic nitrogens is 1. The van der Waals surface area contributed by atoms with Crippen LogP contribution >= 0.6 is 11.6 Å². The third-order valence-electron chi connectivity index (χ3n) is 4.88. The van der Waals surface area contributed by atoms with E-state index in [0.717, 1.165) is 30.5 Å². The van der Waals surface area contributed by atoms with Gasteiger partial charge in [0.1, 0.15) is 17.5 Å². The maximum Gasteiger partial charge on any atom is 0.417 e. The molecule has 0 radical (unpaired) electrons. The average molecular weight is 449 g/mol. The van der Waals surface area contributed by atoms with E-state index in [1.165, 1.54) is 0 Å². The largest absolute Gasteiger partial charge is 0.417 e. The van der Waals surface area contributed by atoms with Gasteiger partial charge in [-0.1, -0.05) is 11.6 Å². The van der Waals surface area contributed by atoms with Crippen molar-refractivity contribution in [2.45, 2.75) is 19.1 Å². The second-order valence-corrected chi connectivity index (χ2v) is 7.25. The summed E-state index contributed by atoms with van der Waals surface area (Å²) in [5, 5.41) is 2.27. The van der Waals surface area contributed by atoms with Crippen molar-refractivity contribution in [1.29, 1.82) is 0 Å². The van der Waals surface area contributed by atoms with Crippen molar-refractivity contribution in [3.05, 3.63) is 52.7 Å². The van der Waals surface area contributed by atoms with E-state index in [2.05, 4.69) is 10.3 Å². The van der Waals surface area contributed by atoms with Gasteiger partial charge in [0.25, 0.3) is 0 Å². The number of piperazine rings is 1. The summed E-state index contributed by atoms with van der Waals surface area (Å²) in [4.78, 5) is 19.8. The van der Waals surface area contributed by atoms with Crippen molar-refractivity contribution in [3.8, 4) is 0 Å². The SMILES string of the molecule is CC(C(=O)Nc1cc(F)ccc1F)N1CCN(c2ncc(C(F)(F)F)cc2Cl)CC1. The smallest absolute Gasteiger partial charge is 0.353 e. The molecule has 1 amide bonds. The summed E-state index contributed by atoms with van der Waals surface area (Å²) in [6, 6.07) is 2.98. The molecule has 2 heterocycles. The molecule has 162 valence electrons. The zero-order valence-electron chi connectivity index (χ0n) is 15.8. The topological polar surface area (TPSA) is 48.5 Å². The maximum atomic E-state index is 13.7. The lowest BCUT2D eigenvalue weighted by atomic mass is 10.2. The van der Waals surface area contributed by atoms with E-state index in [-0.39, 0.29) is 16.5 Å². The standard InChI is InChI=1S/C19H18ClF5N4O/c1-11(18(30)27-16-9-13(21)2-3-15(16)22)28-4-6-29(7-5-28)17-14(20)8-12(10-26-17)19(23,24)25/h2-3,8-11H,4-7H2,1H3,(H,27,30). The van der Waals surface area contributed by atoms with Gasteiger partial charge in [0.15, 0.2) is 0 Å². The maximum absolute atomic E-state index is 13.7. The summed E-state index contributed by atoms with van der Waals surface area (Å²) in [6.07, 6.45) is -3.80. The number of nitrogens with one attached hydrogen (secondary N) is 1. The van der Waals surface area contributed by atoms with Crippen LogP contribution in [0.3, 0.4) is 0 Å². The highest BCUT2D eigenvalue weighted by atomic mass is 35.5. The van der Waals surface area contributed by atoms with Gasteiger partial charge in [-0.2, -0.15) is 13.2 Å². The number of rotatable bonds is 4. The lowest BCUT2D eigenvalue weighted by molar-refractivity contribution is -0.137. The van der Waals surface area contributed by atoms with Crippen LogP contribution in [0.4, 0.5) is 33.5 Å². The first kappa shape index (κ1) is 22.2. The quantitative estimate of drug-likeness (QED) is 0.713. The Hall–Kier alpha value is -2.46. The summed E-state index contributed by atoms with van der Waals surface area (Å²) in [6.45, 7) is 3.19.